The largest absolute Gasteiger partial charge is 0.331 e. The molecule has 0 saturated carbocycles. The molecule has 17 heavy (non-hydrogen) atoms. The van der Waals surface area contributed by atoms with Gasteiger partial charge in [0.15, 0.2) is 0 Å². The maximum absolute atomic E-state index is 11.6. The summed E-state index contributed by atoms with van der Waals surface area (Å²) in [6.07, 6.45) is 3.53. The Morgan fingerprint density at radius 3 is 2.88 bits per heavy atom. The SMILES string of the molecule is C=C(/C=C\CC)C(=O)NC1CC(=O)NC(=O)N1. The summed E-state index contributed by atoms with van der Waals surface area (Å²) in [5.74, 6) is -0.830. The molecule has 1 heterocycles. The molecule has 0 aromatic heterocycles. The van der Waals surface area contributed by atoms with Gasteiger partial charge in [0.05, 0.1) is 6.42 Å². The molecule has 0 bridgehead atoms. The van der Waals surface area contributed by atoms with Crippen molar-refractivity contribution >= 4 is 17.8 Å². The zero-order chi connectivity index (χ0) is 12.8. The highest BCUT2D eigenvalue weighted by Gasteiger charge is 2.24. The van der Waals surface area contributed by atoms with Crippen LogP contribution in [-0.2, 0) is 9.59 Å². The third-order valence-corrected chi connectivity index (χ3v) is 2.10. The summed E-state index contributed by atoms with van der Waals surface area (Å²) in [5.41, 5.74) is 0.284. The monoisotopic (exact) mass is 237 g/mol. The first-order valence-electron chi connectivity index (χ1n) is 5.29. The normalized spacial score (nSPS) is 19.7. The van der Waals surface area contributed by atoms with Gasteiger partial charge in [-0.25, -0.2) is 4.79 Å². The lowest BCUT2D eigenvalue weighted by Crippen LogP contribution is -2.58. The molecule has 0 aliphatic carbocycles. The van der Waals surface area contributed by atoms with Crippen LogP contribution in [0.5, 0.6) is 0 Å². The number of hydrogen-bond donors (Lipinski definition) is 3. The maximum atomic E-state index is 11.6. The summed E-state index contributed by atoms with van der Waals surface area (Å²) in [5, 5.41) is 7.00. The highest BCUT2D eigenvalue weighted by atomic mass is 16.2. The van der Waals surface area contributed by atoms with Crippen molar-refractivity contribution in [2.24, 2.45) is 0 Å². The lowest BCUT2D eigenvalue weighted by Gasteiger charge is -2.23. The first-order chi connectivity index (χ1) is 8.02. The number of carbonyl (C=O) groups excluding carboxylic acids is 3. The van der Waals surface area contributed by atoms with Crippen molar-refractivity contribution in [3.05, 3.63) is 24.3 Å². The number of urea groups is 1. The summed E-state index contributed by atoms with van der Waals surface area (Å²) in [6.45, 7) is 5.52. The standard InChI is InChI=1S/C11H15N3O3/c1-3-4-5-7(2)10(16)12-8-6-9(15)14-11(17)13-8/h4-5,8H,2-3,6H2,1H3,(H,12,16)(H2,13,14,15,17)/b5-4-. The molecule has 6 heteroatoms. The molecular weight excluding hydrogens is 222 g/mol. The number of rotatable bonds is 4. The molecule has 0 aromatic rings. The van der Waals surface area contributed by atoms with Gasteiger partial charge in [-0.3, -0.25) is 14.9 Å². The highest BCUT2D eigenvalue weighted by molar-refractivity contribution is 5.99. The minimum Gasteiger partial charge on any atom is -0.331 e. The summed E-state index contributed by atoms with van der Waals surface area (Å²) < 4.78 is 0. The molecule has 1 fully saturated rings. The molecule has 1 aliphatic rings. The molecule has 4 amide bonds. The van der Waals surface area contributed by atoms with E-state index < -0.39 is 24.0 Å². The number of hydrogen-bond acceptors (Lipinski definition) is 3. The Balaban J connectivity index is 2.50. The van der Waals surface area contributed by atoms with Gasteiger partial charge in [0.25, 0.3) is 5.91 Å². The molecule has 6 nitrogen and oxygen atoms in total. The third kappa shape index (κ3) is 4.10. The van der Waals surface area contributed by atoms with E-state index in [4.69, 9.17) is 0 Å². The van der Waals surface area contributed by atoms with E-state index in [1.165, 1.54) is 0 Å². The van der Waals surface area contributed by atoms with Crippen molar-refractivity contribution < 1.29 is 14.4 Å². The molecule has 0 aromatic carbocycles. The minimum atomic E-state index is -0.685. The fourth-order valence-corrected chi connectivity index (χ4v) is 1.28. The zero-order valence-corrected chi connectivity index (χ0v) is 9.58. The van der Waals surface area contributed by atoms with Gasteiger partial charge in [0.2, 0.25) is 5.91 Å². The summed E-state index contributed by atoms with van der Waals surface area (Å²) in [4.78, 5) is 33.6. The molecule has 0 spiro atoms. The number of imide groups is 1. The van der Waals surface area contributed by atoms with Crippen LogP contribution in [0.15, 0.2) is 24.3 Å². The second-order valence-electron chi connectivity index (χ2n) is 3.59. The second kappa shape index (κ2) is 5.83. The first kappa shape index (κ1) is 13.0. The Kier molecular flexibility index (Phi) is 4.45. The quantitative estimate of drug-likeness (QED) is 0.481. The van der Waals surface area contributed by atoms with Gasteiger partial charge in [-0.15, -0.1) is 0 Å². The van der Waals surface area contributed by atoms with Gasteiger partial charge >= 0.3 is 6.03 Å². The zero-order valence-electron chi connectivity index (χ0n) is 9.58. The van der Waals surface area contributed by atoms with Gasteiger partial charge in [0.1, 0.15) is 6.17 Å². The van der Waals surface area contributed by atoms with Gasteiger partial charge in [-0.1, -0.05) is 25.7 Å². The highest BCUT2D eigenvalue weighted by Crippen LogP contribution is 1.99. The molecule has 92 valence electrons. The lowest BCUT2D eigenvalue weighted by atomic mass is 10.2. The van der Waals surface area contributed by atoms with Gasteiger partial charge in [-0.2, -0.15) is 0 Å². The van der Waals surface area contributed by atoms with E-state index in [0.29, 0.717) is 0 Å². The second-order valence-corrected chi connectivity index (χ2v) is 3.59. The average Bonchev–Trinajstić information content (AvgIpc) is 2.24. The molecular formula is C11H15N3O3. The van der Waals surface area contributed by atoms with Crippen LogP contribution in [0.1, 0.15) is 19.8 Å². The lowest BCUT2D eigenvalue weighted by molar-refractivity contribution is -0.122. The van der Waals surface area contributed by atoms with Crippen molar-refractivity contribution in [2.45, 2.75) is 25.9 Å². The van der Waals surface area contributed by atoms with Crippen LogP contribution >= 0.6 is 0 Å². The van der Waals surface area contributed by atoms with Crippen LogP contribution in [0.2, 0.25) is 0 Å². The average molecular weight is 237 g/mol. The first-order valence-corrected chi connectivity index (χ1v) is 5.29. The molecule has 1 atom stereocenters. The number of carbonyl (C=O) groups is 3. The summed E-state index contributed by atoms with van der Waals surface area (Å²) >= 11 is 0. The van der Waals surface area contributed by atoms with Crippen molar-refractivity contribution in [2.75, 3.05) is 0 Å². The van der Waals surface area contributed by atoms with Crippen LogP contribution < -0.4 is 16.0 Å². The van der Waals surface area contributed by atoms with Crippen LogP contribution in [0.25, 0.3) is 0 Å². The Morgan fingerprint density at radius 2 is 2.29 bits per heavy atom. The summed E-state index contributed by atoms with van der Waals surface area (Å²) in [7, 11) is 0. The number of amides is 4. The van der Waals surface area contributed by atoms with E-state index in [0.717, 1.165) is 6.42 Å². The number of allylic oxidation sites excluding steroid dienone is 1. The predicted molar refractivity (Wildman–Crippen MR) is 61.8 cm³/mol. The maximum Gasteiger partial charge on any atom is 0.323 e. The van der Waals surface area contributed by atoms with Gasteiger partial charge in [0, 0.05) is 5.57 Å². The Bertz CT molecular complexity index is 371. The van der Waals surface area contributed by atoms with Crippen LogP contribution in [0.4, 0.5) is 4.79 Å². The molecule has 1 unspecified atom stereocenters. The molecule has 1 aliphatic heterocycles. The van der Waals surface area contributed by atoms with Gasteiger partial charge < -0.3 is 10.6 Å². The minimum absolute atomic E-state index is 0.0161. The molecule has 1 saturated heterocycles. The van der Waals surface area contributed by atoms with E-state index in [1.807, 2.05) is 6.92 Å². The van der Waals surface area contributed by atoms with Crippen LogP contribution in [-0.4, -0.2) is 24.0 Å². The Labute approximate surface area is 99.1 Å². The van der Waals surface area contributed by atoms with Crippen molar-refractivity contribution in [1.29, 1.82) is 0 Å². The smallest absolute Gasteiger partial charge is 0.323 e. The van der Waals surface area contributed by atoms with Crippen molar-refractivity contribution in [3.63, 3.8) is 0 Å². The fraction of sp³-hybridized carbons (Fsp3) is 0.364. The van der Waals surface area contributed by atoms with Crippen molar-refractivity contribution in [1.82, 2.24) is 16.0 Å². The topological polar surface area (TPSA) is 87.3 Å². The molecule has 1 rings (SSSR count). The van der Waals surface area contributed by atoms with Crippen LogP contribution in [0.3, 0.4) is 0 Å². The van der Waals surface area contributed by atoms with E-state index >= 15 is 0 Å². The van der Waals surface area contributed by atoms with E-state index in [9.17, 15) is 14.4 Å². The predicted octanol–water partition coefficient (Wildman–Crippen LogP) is 0.181. The van der Waals surface area contributed by atoms with E-state index in [-0.39, 0.29) is 12.0 Å². The van der Waals surface area contributed by atoms with Gasteiger partial charge in [-0.05, 0) is 6.42 Å². The fourth-order valence-electron chi connectivity index (χ4n) is 1.28. The number of nitrogens with one attached hydrogen (secondary N) is 3. The summed E-state index contributed by atoms with van der Waals surface area (Å²) in [6, 6.07) is -0.610. The Morgan fingerprint density at radius 1 is 1.59 bits per heavy atom. The Hall–Kier alpha value is -2.11. The van der Waals surface area contributed by atoms with E-state index in [1.54, 1.807) is 12.2 Å². The van der Waals surface area contributed by atoms with Crippen molar-refractivity contribution in [3.8, 4) is 0 Å². The van der Waals surface area contributed by atoms with Crippen LogP contribution in [0, 0.1) is 0 Å². The molecule has 3 N–H and O–H groups in total. The third-order valence-electron chi connectivity index (χ3n) is 2.10. The van der Waals surface area contributed by atoms with E-state index in [2.05, 4.69) is 22.5 Å². The molecule has 0 radical (unpaired) electrons.